The van der Waals surface area contributed by atoms with Gasteiger partial charge in [0.2, 0.25) is 0 Å². The normalized spacial score (nSPS) is 10.6. The van der Waals surface area contributed by atoms with Crippen LogP contribution in [0.25, 0.3) is 11.1 Å². The lowest BCUT2D eigenvalue weighted by Crippen LogP contribution is -2.02. The van der Waals surface area contributed by atoms with Crippen LogP contribution in [0.5, 0.6) is 5.75 Å². The number of halogens is 3. The summed E-state index contributed by atoms with van der Waals surface area (Å²) in [5.41, 5.74) is 1.73. The summed E-state index contributed by atoms with van der Waals surface area (Å²) in [5, 5.41) is 0.152. The maximum absolute atomic E-state index is 12.0. The summed E-state index contributed by atoms with van der Waals surface area (Å²) in [7, 11) is 0. The minimum absolute atomic E-state index is 0.0283. The van der Waals surface area contributed by atoms with E-state index in [4.69, 9.17) is 11.6 Å². The van der Waals surface area contributed by atoms with Gasteiger partial charge in [0, 0.05) is 12.4 Å². The van der Waals surface area contributed by atoms with Gasteiger partial charge in [0.25, 0.3) is 0 Å². The zero-order valence-corrected chi connectivity index (χ0v) is 9.36. The number of ether oxygens (including phenoxy) is 1. The van der Waals surface area contributed by atoms with Crippen molar-refractivity contribution in [2.45, 2.75) is 6.61 Å². The van der Waals surface area contributed by atoms with E-state index in [-0.39, 0.29) is 10.8 Å². The van der Waals surface area contributed by atoms with Gasteiger partial charge < -0.3 is 4.74 Å². The first-order chi connectivity index (χ1) is 8.16. The molecule has 2 rings (SSSR count). The van der Waals surface area contributed by atoms with Crippen LogP contribution in [0, 0.1) is 0 Å². The van der Waals surface area contributed by atoms with Crippen LogP contribution in [-0.2, 0) is 0 Å². The second-order valence-corrected chi connectivity index (χ2v) is 3.67. The van der Waals surface area contributed by atoms with Crippen LogP contribution in [-0.4, -0.2) is 11.6 Å². The minimum atomic E-state index is -2.88. The van der Waals surface area contributed by atoms with Crippen LogP contribution in [0.2, 0.25) is 5.02 Å². The molecule has 0 aliphatic rings. The summed E-state index contributed by atoms with van der Waals surface area (Å²) in [5.74, 6) is -0.0283. The number of benzene rings is 1. The molecule has 0 amide bonds. The highest BCUT2D eigenvalue weighted by Crippen LogP contribution is 2.30. The summed E-state index contributed by atoms with van der Waals surface area (Å²) in [4.78, 5) is 3.89. The van der Waals surface area contributed by atoms with E-state index in [1.54, 1.807) is 36.7 Å². The standard InChI is InChI=1S/C12H8ClF2NO/c13-10-7-9(8-3-5-16-6-4-8)1-2-11(10)17-12(14)15/h1-7,12H. The van der Waals surface area contributed by atoms with Gasteiger partial charge >= 0.3 is 6.61 Å². The molecule has 0 aliphatic heterocycles. The van der Waals surface area contributed by atoms with E-state index in [1.165, 1.54) is 6.07 Å². The van der Waals surface area contributed by atoms with Gasteiger partial charge in [-0.3, -0.25) is 4.98 Å². The highest BCUT2D eigenvalue weighted by Gasteiger charge is 2.09. The molecule has 2 nitrogen and oxygen atoms in total. The van der Waals surface area contributed by atoms with Gasteiger partial charge in [0.1, 0.15) is 5.75 Å². The Bertz CT molecular complexity index is 505. The molecular weight excluding hydrogens is 248 g/mol. The van der Waals surface area contributed by atoms with Gasteiger partial charge in [-0.15, -0.1) is 0 Å². The van der Waals surface area contributed by atoms with Gasteiger partial charge in [-0.25, -0.2) is 0 Å². The Morgan fingerprint density at radius 1 is 1.06 bits per heavy atom. The molecule has 0 bridgehead atoms. The van der Waals surface area contributed by atoms with Gasteiger partial charge in [0.05, 0.1) is 5.02 Å². The monoisotopic (exact) mass is 255 g/mol. The van der Waals surface area contributed by atoms with Crippen molar-refractivity contribution in [3.05, 3.63) is 47.7 Å². The summed E-state index contributed by atoms with van der Waals surface area (Å²) in [6.45, 7) is -2.88. The number of nitrogens with zero attached hydrogens (tertiary/aromatic N) is 1. The summed E-state index contributed by atoms with van der Waals surface area (Å²) < 4.78 is 28.3. The first-order valence-electron chi connectivity index (χ1n) is 4.81. The van der Waals surface area contributed by atoms with Crippen molar-refractivity contribution < 1.29 is 13.5 Å². The van der Waals surface area contributed by atoms with Crippen molar-refractivity contribution in [1.82, 2.24) is 4.98 Å². The molecule has 0 atom stereocenters. The summed E-state index contributed by atoms with van der Waals surface area (Å²) >= 11 is 5.85. The van der Waals surface area contributed by atoms with E-state index >= 15 is 0 Å². The van der Waals surface area contributed by atoms with Crippen molar-refractivity contribution in [2.24, 2.45) is 0 Å². The number of aromatic nitrogens is 1. The maximum atomic E-state index is 12.0. The molecule has 1 aromatic heterocycles. The average Bonchev–Trinajstić information content (AvgIpc) is 2.32. The molecule has 88 valence electrons. The molecule has 0 radical (unpaired) electrons. The summed E-state index contributed by atoms with van der Waals surface area (Å²) in [6.07, 6.45) is 3.29. The predicted molar refractivity (Wildman–Crippen MR) is 61.3 cm³/mol. The van der Waals surface area contributed by atoms with E-state index in [9.17, 15) is 8.78 Å². The van der Waals surface area contributed by atoms with Crippen molar-refractivity contribution in [3.8, 4) is 16.9 Å². The van der Waals surface area contributed by atoms with E-state index in [1.807, 2.05) is 0 Å². The Kier molecular flexibility index (Phi) is 3.54. The third-order valence-corrected chi connectivity index (χ3v) is 2.46. The van der Waals surface area contributed by atoms with Crippen LogP contribution in [0.15, 0.2) is 42.7 Å². The average molecular weight is 256 g/mol. The number of hydrogen-bond donors (Lipinski definition) is 0. The smallest absolute Gasteiger partial charge is 0.387 e. The van der Waals surface area contributed by atoms with Crippen LogP contribution >= 0.6 is 11.6 Å². The molecule has 0 fully saturated rings. The molecule has 2 aromatic rings. The molecule has 1 heterocycles. The van der Waals surface area contributed by atoms with Crippen LogP contribution in [0.3, 0.4) is 0 Å². The number of alkyl halides is 2. The van der Waals surface area contributed by atoms with E-state index in [0.29, 0.717) is 0 Å². The topological polar surface area (TPSA) is 22.1 Å². The fourth-order valence-electron chi connectivity index (χ4n) is 1.42. The first-order valence-corrected chi connectivity index (χ1v) is 5.19. The highest BCUT2D eigenvalue weighted by molar-refractivity contribution is 6.32. The third kappa shape index (κ3) is 2.91. The Morgan fingerprint density at radius 3 is 2.35 bits per heavy atom. The van der Waals surface area contributed by atoms with Gasteiger partial charge in [0.15, 0.2) is 0 Å². The number of pyridine rings is 1. The van der Waals surface area contributed by atoms with E-state index < -0.39 is 6.61 Å². The molecule has 0 N–H and O–H groups in total. The Morgan fingerprint density at radius 2 is 1.76 bits per heavy atom. The van der Waals surface area contributed by atoms with Crippen LogP contribution in [0.4, 0.5) is 8.78 Å². The molecule has 0 spiro atoms. The van der Waals surface area contributed by atoms with Crippen molar-refractivity contribution in [2.75, 3.05) is 0 Å². The molecule has 0 saturated carbocycles. The van der Waals surface area contributed by atoms with Gasteiger partial charge in [-0.2, -0.15) is 8.78 Å². The number of hydrogen-bond acceptors (Lipinski definition) is 2. The lowest BCUT2D eigenvalue weighted by molar-refractivity contribution is -0.0497. The molecular formula is C12H8ClF2NO. The van der Waals surface area contributed by atoms with Crippen molar-refractivity contribution in [1.29, 1.82) is 0 Å². The second-order valence-electron chi connectivity index (χ2n) is 3.26. The molecule has 5 heteroatoms. The van der Waals surface area contributed by atoms with Crippen LogP contribution in [0.1, 0.15) is 0 Å². The van der Waals surface area contributed by atoms with Crippen molar-refractivity contribution in [3.63, 3.8) is 0 Å². The van der Waals surface area contributed by atoms with Gasteiger partial charge in [-0.1, -0.05) is 17.7 Å². The molecule has 0 saturated heterocycles. The SMILES string of the molecule is FC(F)Oc1ccc(-c2ccncc2)cc1Cl. The first kappa shape index (κ1) is 11.8. The lowest BCUT2D eigenvalue weighted by Gasteiger charge is -2.08. The lowest BCUT2D eigenvalue weighted by atomic mass is 10.1. The largest absolute Gasteiger partial charge is 0.433 e. The second kappa shape index (κ2) is 5.10. The highest BCUT2D eigenvalue weighted by atomic mass is 35.5. The Hall–Kier alpha value is -1.68. The molecule has 1 aromatic carbocycles. The zero-order chi connectivity index (χ0) is 12.3. The molecule has 17 heavy (non-hydrogen) atoms. The summed E-state index contributed by atoms with van der Waals surface area (Å²) in [6, 6.07) is 8.27. The predicted octanol–water partition coefficient (Wildman–Crippen LogP) is 4.00. The van der Waals surface area contributed by atoms with Gasteiger partial charge in [-0.05, 0) is 35.4 Å². The Labute approximate surface area is 102 Å². The van der Waals surface area contributed by atoms with E-state index in [0.717, 1.165) is 11.1 Å². The zero-order valence-electron chi connectivity index (χ0n) is 8.61. The molecule has 0 unspecified atom stereocenters. The minimum Gasteiger partial charge on any atom is -0.433 e. The quantitative estimate of drug-likeness (QED) is 0.827. The maximum Gasteiger partial charge on any atom is 0.387 e. The Balaban J connectivity index is 2.31. The van der Waals surface area contributed by atoms with Crippen LogP contribution < -0.4 is 4.74 Å². The fraction of sp³-hybridized carbons (Fsp3) is 0.0833. The molecule has 0 aliphatic carbocycles. The fourth-order valence-corrected chi connectivity index (χ4v) is 1.64. The van der Waals surface area contributed by atoms with E-state index in [2.05, 4.69) is 9.72 Å². The third-order valence-electron chi connectivity index (χ3n) is 2.16. The number of rotatable bonds is 3. The van der Waals surface area contributed by atoms with Crippen molar-refractivity contribution >= 4 is 11.6 Å².